The van der Waals surface area contributed by atoms with Gasteiger partial charge in [-0.1, -0.05) is 12.8 Å². The minimum absolute atomic E-state index is 0.259. The number of nitrogens with one attached hydrogen (secondary N) is 2. The van der Waals surface area contributed by atoms with E-state index in [4.69, 9.17) is 0 Å². The number of rotatable bonds is 5. The van der Waals surface area contributed by atoms with Crippen molar-refractivity contribution in [3.8, 4) is 11.3 Å². The van der Waals surface area contributed by atoms with Crippen LogP contribution in [0.4, 0.5) is 0 Å². The lowest BCUT2D eigenvalue weighted by atomic mass is 9.93. The third-order valence-electron chi connectivity index (χ3n) is 5.50. The van der Waals surface area contributed by atoms with Crippen molar-refractivity contribution in [1.29, 1.82) is 0 Å². The maximum atomic E-state index is 12.8. The number of hydrogen-bond acceptors (Lipinski definition) is 5. The van der Waals surface area contributed by atoms with E-state index in [-0.39, 0.29) is 11.9 Å². The molecule has 3 N–H and O–H groups in total. The summed E-state index contributed by atoms with van der Waals surface area (Å²) in [7, 11) is 0. The highest BCUT2D eigenvalue weighted by atomic mass is 16.3. The average molecular weight is 368 g/mol. The Labute approximate surface area is 157 Å². The lowest BCUT2D eigenvalue weighted by Gasteiger charge is -2.30. The van der Waals surface area contributed by atoms with Crippen molar-refractivity contribution < 1.29 is 9.90 Å². The normalized spacial score (nSPS) is 17.3. The minimum Gasteiger partial charge on any atom is -0.388 e. The number of H-pyrrole nitrogens is 1. The fraction of sp³-hybridized carbons (Fsp3) is 0.474. The number of hydrogen-bond donors (Lipinski definition) is 3. The highest BCUT2D eigenvalue weighted by molar-refractivity contribution is 6.04. The molecule has 27 heavy (non-hydrogen) atoms. The van der Waals surface area contributed by atoms with Crippen molar-refractivity contribution in [2.75, 3.05) is 0 Å². The summed E-state index contributed by atoms with van der Waals surface area (Å²) in [5.41, 5.74) is 2.19. The van der Waals surface area contributed by atoms with Gasteiger partial charge in [0.25, 0.3) is 5.91 Å². The molecule has 1 amide bonds. The SMILES string of the molecule is CCn1cc(-c2cnc3[nH]cc(C(=O)N[C@@H](C)C4(O)CCCC4)c3n2)cn1. The Morgan fingerprint density at radius 2 is 2.19 bits per heavy atom. The number of fused-ring (bicyclic) bond motifs is 1. The summed E-state index contributed by atoms with van der Waals surface area (Å²) in [6.07, 6.45) is 10.3. The molecule has 0 spiro atoms. The number of nitrogens with zero attached hydrogens (tertiary/aromatic N) is 4. The summed E-state index contributed by atoms with van der Waals surface area (Å²) in [6.45, 7) is 4.64. The van der Waals surface area contributed by atoms with Gasteiger partial charge >= 0.3 is 0 Å². The second kappa shape index (κ2) is 6.77. The van der Waals surface area contributed by atoms with Gasteiger partial charge in [0.15, 0.2) is 5.65 Å². The number of aliphatic hydroxyl groups is 1. The molecular weight excluding hydrogens is 344 g/mol. The van der Waals surface area contributed by atoms with E-state index in [0.717, 1.165) is 24.9 Å². The molecule has 8 heteroatoms. The van der Waals surface area contributed by atoms with Gasteiger partial charge in [-0.25, -0.2) is 9.97 Å². The van der Waals surface area contributed by atoms with E-state index in [1.807, 2.05) is 24.7 Å². The summed E-state index contributed by atoms with van der Waals surface area (Å²) >= 11 is 0. The van der Waals surface area contributed by atoms with Gasteiger partial charge in [-0.05, 0) is 26.7 Å². The first-order chi connectivity index (χ1) is 13.0. The number of aromatic nitrogens is 5. The first-order valence-electron chi connectivity index (χ1n) is 9.40. The third-order valence-corrected chi connectivity index (χ3v) is 5.50. The largest absolute Gasteiger partial charge is 0.388 e. The molecule has 0 aromatic carbocycles. The van der Waals surface area contributed by atoms with Crippen LogP contribution in [0.15, 0.2) is 24.8 Å². The van der Waals surface area contributed by atoms with Crippen molar-refractivity contribution in [3.63, 3.8) is 0 Å². The Balaban J connectivity index is 1.61. The zero-order chi connectivity index (χ0) is 19.0. The standard InChI is InChI=1S/C19H24N6O2/c1-3-25-11-13(8-22-25)15-10-21-17-16(24-15)14(9-20-17)18(26)23-12(2)19(27)6-4-5-7-19/h8-12,27H,3-7H2,1-2H3,(H,20,21)(H,23,26)/t12-/m0/s1. The number of carbonyl (C=O) groups is 1. The molecule has 3 aromatic heterocycles. The summed E-state index contributed by atoms with van der Waals surface area (Å²) in [5, 5.41) is 17.9. The fourth-order valence-corrected chi connectivity index (χ4v) is 3.70. The quantitative estimate of drug-likeness (QED) is 0.640. The molecular formula is C19H24N6O2. The molecule has 3 heterocycles. The predicted octanol–water partition coefficient (Wildman–Crippen LogP) is 2.26. The van der Waals surface area contributed by atoms with Crippen LogP contribution in [0.3, 0.4) is 0 Å². The van der Waals surface area contributed by atoms with Crippen LogP contribution in [0.1, 0.15) is 49.9 Å². The predicted molar refractivity (Wildman–Crippen MR) is 101 cm³/mol. The first kappa shape index (κ1) is 17.7. The molecule has 1 aliphatic rings. The van der Waals surface area contributed by atoms with E-state index in [2.05, 4.69) is 25.4 Å². The Bertz CT molecular complexity index is 970. The molecule has 0 aliphatic heterocycles. The van der Waals surface area contributed by atoms with Crippen LogP contribution in [0.25, 0.3) is 22.4 Å². The number of carbonyl (C=O) groups excluding carboxylic acids is 1. The highest BCUT2D eigenvalue weighted by Gasteiger charge is 2.37. The van der Waals surface area contributed by atoms with Gasteiger partial charge in [-0.3, -0.25) is 9.48 Å². The van der Waals surface area contributed by atoms with Gasteiger partial charge in [0, 0.05) is 24.5 Å². The molecule has 0 saturated heterocycles. The highest BCUT2D eigenvalue weighted by Crippen LogP contribution is 2.32. The zero-order valence-electron chi connectivity index (χ0n) is 15.6. The molecule has 142 valence electrons. The Hall–Kier alpha value is -2.74. The molecule has 4 rings (SSSR count). The smallest absolute Gasteiger partial charge is 0.255 e. The van der Waals surface area contributed by atoms with Gasteiger partial charge in [-0.2, -0.15) is 5.10 Å². The monoisotopic (exact) mass is 368 g/mol. The molecule has 0 radical (unpaired) electrons. The van der Waals surface area contributed by atoms with Gasteiger partial charge in [0.2, 0.25) is 0 Å². The zero-order valence-corrected chi connectivity index (χ0v) is 15.6. The van der Waals surface area contributed by atoms with Crippen LogP contribution < -0.4 is 5.32 Å². The maximum absolute atomic E-state index is 12.8. The maximum Gasteiger partial charge on any atom is 0.255 e. The van der Waals surface area contributed by atoms with Crippen LogP contribution in [-0.2, 0) is 6.54 Å². The van der Waals surface area contributed by atoms with E-state index < -0.39 is 5.60 Å². The number of amides is 1. The molecule has 1 aliphatic carbocycles. The van der Waals surface area contributed by atoms with Gasteiger partial charge in [-0.15, -0.1) is 0 Å². The topological polar surface area (TPSA) is 109 Å². The fourth-order valence-electron chi connectivity index (χ4n) is 3.70. The molecule has 3 aromatic rings. The van der Waals surface area contributed by atoms with Crippen LogP contribution in [0.2, 0.25) is 0 Å². The van der Waals surface area contributed by atoms with Crippen molar-refractivity contribution in [1.82, 2.24) is 30.0 Å². The summed E-state index contributed by atoms with van der Waals surface area (Å²) < 4.78 is 1.82. The molecule has 0 unspecified atom stereocenters. The average Bonchev–Trinajstić information content (AvgIpc) is 3.40. The van der Waals surface area contributed by atoms with E-state index in [1.165, 1.54) is 0 Å². The van der Waals surface area contributed by atoms with Crippen molar-refractivity contribution in [3.05, 3.63) is 30.4 Å². The molecule has 8 nitrogen and oxygen atoms in total. The van der Waals surface area contributed by atoms with E-state index >= 15 is 0 Å². The molecule has 0 bridgehead atoms. The van der Waals surface area contributed by atoms with Crippen LogP contribution >= 0.6 is 0 Å². The number of aromatic amines is 1. The summed E-state index contributed by atoms with van der Waals surface area (Å²) in [4.78, 5) is 24.8. The number of aryl methyl sites for hydroxylation is 1. The van der Waals surface area contributed by atoms with E-state index in [9.17, 15) is 9.90 Å². The molecule has 1 atom stereocenters. The summed E-state index contributed by atoms with van der Waals surface area (Å²) in [6, 6.07) is -0.323. The Kier molecular flexibility index (Phi) is 4.43. The van der Waals surface area contributed by atoms with Gasteiger partial charge < -0.3 is 15.4 Å². The van der Waals surface area contributed by atoms with Gasteiger partial charge in [0.05, 0.1) is 35.3 Å². The third kappa shape index (κ3) is 3.21. The Morgan fingerprint density at radius 1 is 1.41 bits per heavy atom. The Morgan fingerprint density at radius 3 is 2.89 bits per heavy atom. The molecule has 1 saturated carbocycles. The van der Waals surface area contributed by atoms with Crippen molar-refractivity contribution in [2.45, 2.75) is 57.7 Å². The van der Waals surface area contributed by atoms with E-state index in [1.54, 1.807) is 18.6 Å². The van der Waals surface area contributed by atoms with Crippen LogP contribution in [0, 0.1) is 0 Å². The van der Waals surface area contributed by atoms with Gasteiger partial charge in [0.1, 0.15) is 5.52 Å². The van der Waals surface area contributed by atoms with E-state index in [0.29, 0.717) is 35.3 Å². The second-order valence-corrected chi connectivity index (χ2v) is 7.25. The second-order valence-electron chi connectivity index (χ2n) is 7.25. The molecule has 1 fully saturated rings. The van der Waals surface area contributed by atoms with Crippen molar-refractivity contribution in [2.24, 2.45) is 0 Å². The first-order valence-corrected chi connectivity index (χ1v) is 9.40. The van der Waals surface area contributed by atoms with Crippen LogP contribution in [0.5, 0.6) is 0 Å². The summed E-state index contributed by atoms with van der Waals surface area (Å²) in [5.74, 6) is -0.259. The van der Waals surface area contributed by atoms with Crippen molar-refractivity contribution >= 4 is 17.1 Å². The lowest BCUT2D eigenvalue weighted by molar-refractivity contribution is 0.0140. The minimum atomic E-state index is -0.826. The lowest BCUT2D eigenvalue weighted by Crippen LogP contribution is -2.49. The van der Waals surface area contributed by atoms with Crippen LogP contribution in [-0.4, -0.2) is 47.4 Å².